The van der Waals surface area contributed by atoms with E-state index >= 15 is 0 Å². The topological polar surface area (TPSA) is 114 Å². The number of nitrogens with two attached hydrogens (primary N) is 1. The van der Waals surface area contributed by atoms with Crippen LogP contribution in [0.3, 0.4) is 0 Å². The number of ether oxygens (including phenoxy) is 1. The number of allylic oxidation sites excluding steroid dienone is 1. The molecule has 5 rings (SSSR count). The second-order valence-corrected chi connectivity index (χ2v) is 9.58. The zero-order valence-electron chi connectivity index (χ0n) is 21.8. The number of methoxy groups -OCH3 is 1. The molecule has 0 radical (unpaired) electrons. The quantitative estimate of drug-likeness (QED) is 0.221. The molecule has 202 valence electrons. The standard InChI is InChI=1S/C29H31F2N7O/c1-39-29-26(30)10-18(14-37-29)2-4-24-5-3-19(27(31)38-24)11-21-16-36-28-25(21)12-20(15-35-28)22(13-32)17-34-23-6-8-33-9-7-23/h3,5,10,12-17,23,33H,2,4,6-9,11,32H2,1H3,(H,35,36). The third-order valence-electron chi connectivity index (χ3n) is 6.95. The Labute approximate surface area is 225 Å². The van der Waals surface area contributed by atoms with E-state index in [1.807, 2.05) is 18.5 Å². The summed E-state index contributed by atoms with van der Waals surface area (Å²) in [7, 11) is 1.37. The fraction of sp³-hybridized carbons (Fsp3) is 0.310. The first-order chi connectivity index (χ1) is 19.0. The van der Waals surface area contributed by atoms with Gasteiger partial charge in [0.25, 0.3) is 0 Å². The number of rotatable bonds is 9. The van der Waals surface area contributed by atoms with E-state index in [0.29, 0.717) is 41.7 Å². The number of nitrogens with one attached hydrogen (secondary N) is 2. The summed E-state index contributed by atoms with van der Waals surface area (Å²) in [5, 5.41) is 4.23. The van der Waals surface area contributed by atoms with Gasteiger partial charge in [-0.1, -0.05) is 6.07 Å². The molecule has 0 amide bonds. The molecule has 1 fully saturated rings. The molecule has 0 spiro atoms. The zero-order valence-corrected chi connectivity index (χ0v) is 21.8. The number of fused-ring (bicyclic) bond motifs is 1. The van der Waals surface area contributed by atoms with E-state index in [2.05, 4.69) is 25.3 Å². The molecule has 1 aliphatic rings. The van der Waals surface area contributed by atoms with Gasteiger partial charge in [-0.15, -0.1) is 0 Å². The van der Waals surface area contributed by atoms with Crippen molar-refractivity contribution in [2.45, 2.75) is 38.1 Å². The van der Waals surface area contributed by atoms with Gasteiger partial charge >= 0.3 is 0 Å². The molecule has 0 aromatic carbocycles. The number of aryl methyl sites for hydroxylation is 2. The van der Waals surface area contributed by atoms with E-state index in [-0.39, 0.29) is 11.9 Å². The monoisotopic (exact) mass is 531 g/mol. The number of hydrogen-bond donors (Lipinski definition) is 3. The molecule has 1 saturated heterocycles. The van der Waals surface area contributed by atoms with Crippen molar-refractivity contribution in [2.75, 3.05) is 20.2 Å². The fourth-order valence-corrected chi connectivity index (χ4v) is 4.72. The number of piperidine rings is 1. The largest absolute Gasteiger partial charge is 0.479 e. The minimum atomic E-state index is -0.526. The van der Waals surface area contributed by atoms with Crippen molar-refractivity contribution >= 4 is 22.8 Å². The van der Waals surface area contributed by atoms with Gasteiger partial charge in [0, 0.05) is 65.2 Å². The van der Waals surface area contributed by atoms with Crippen molar-refractivity contribution in [1.82, 2.24) is 25.3 Å². The first-order valence-corrected chi connectivity index (χ1v) is 13.0. The second-order valence-electron chi connectivity index (χ2n) is 9.58. The van der Waals surface area contributed by atoms with Crippen molar-refractivity contribution < 1.29 is 13.5 Å². The lowest BCUT2D eigenvalue weighted by Gasteiger charge is -2.18. The minimum Gasteiger partial charge on any atom is -0.479 e. The predicted octanol–water partition coefficient (Wildman–Crippen LogP) is 4.14. The summed E-state index contributed by atoms with van der Waals surface area (Å²) in [5.74, 6) is -1.10. The van der Waals surface area contributed by atoms with Crippen molar-refractivity contribution in [3.63, 3.8) is 0 Å². The number of aliphatic imine (C=N–C) groups is 1. The van der Waals surface area contributed by atoms with Crippen molar-refractivity contribution in [3.8, 4) is 5.88 Å². The second kappa shape index (κ2) is 12.1. The molecule has 0 aliphatic carbocycles. The molecule has 4 aromatic rings. The van der Waals surface area contributed by atoms with Crippen LogP contribution in [0.2, 0.25) is 0 Å². The van der Waals surface area contributed by atoms with Crippen LogP contribution in [0.25, 0.3) is 16.6 Å². The van der Waals surface area contributed by atoms with Gasteiger partial charge in [-0.25, -0.2) is 19.3 Å². The summed E-state index contributed by atoms with van der Waals surface area (Å²) < 4.78 is 33.7. The van der Waals surface area contributed by atoms with Crippen LogP contribution in [0.5, 0.6) is 5.88 Å². The molecular weight excluding hydrogens is 500 g/mol. The number of aromatic nitrogens is 4. The van der Waals surface area contributed by atoms with Crippen LogP contribution in [0.15, 0.2) is 54.0 Å². The van der Waals surface area contributed by atoms with Crippen LogP contribution in [-0.4, -0.2) is 52.4 Å². The maximum Gasteiger partial charge on any atom is 0.250 e. The van der Waals surface area contributed by atoms with E-state index in [1.54, 1.807) is 30.7 Å². The molecule has 39 heavy (non-hydrogen) atoms. The Bertz CT molecular complexity index is 1510. The SMILES string of the molecule is COc1ncc(CCc2ccc(Cc3c[nH]c4ncc(C(C=NC5CCNCC5)=CN)cc34)c(F)n2)cc1F. The van der Waals surface area contributed by atoms with Crippen molar-refractivity contribution in [3.05, 3.63) is 88.8 Å². The molecule has 0 bridgehead atoms. The number of hydrogen-bond acceptors (Lipinski definition) is 7. The molecule has 0 atom stereocenters. The first-order valence-electron chi connectivity index (χ1n) is 13.0. The average Bonchev–Trinajstić information content (AvgIpc) is 3.36. The fourth-order valence-electron chi connectivity index (χ4n) is 4.72. The summed E-state index contributed by atoms with van der Waals surface area (Å²) in [6.07, 6.45) is 11.8. The van der Waals surface area contributed by atoms with E-state index in [9.17, 15) is 8.78 Å². The highest BCUT2D eigenvalue weighted by Gasteiger charge is 2.14. The van der Waals surface area contributed by atoms with Crippen LogP contribution in [0.1, 0.15) is 40.8 Å². The Hall–Kier alpha value is -4.18. The van der Waals surface area contributed by atoms with E-state index in [4.69, 9.17) is 15.5 Å². The highest BCUT2D eigenvalue weighted by atomic mass is 19.1. The number of pyridine rings is 3. The molecule has 10 heteroatoms. The van der Waals surface area contributed by atoms with Gasteiger partial charge in [0.05, 0.1) is 13.2 Å². The minimum absolute atomic E-state index is 0.0486. The maximum atomic E-state index is 15.0. The lowest BCUT2D eigenvalue weighted by molar-refractivity contribution is 0.368. The average molecular weight is 532 g/mol. The lowest BCUT2D eigenvalue weighted by atomic mass is 10.0. The summed E-state index contributed by atoms with van der Waals surface area (Å²) >= 11 is 0. The number of aromatic amines is 1. The van der Waals surface area contributed by atoms with Crippen molar-refractivity contribution in [2.24, 2.45) is 10.7 Å². The summed E-state index contributed by atoms with van der Waals surface area (Å²) in [5.41, 5.74) is 10.9. The van der Waals surface area contributed by atoms with E-state index < -0.39 is 11.8 Å². The predicted molar refractivity (Wildman–Crippen MR) is 148 cm³/mol. The van der Waals surface area contributed by atoms with E-state index in [1.165, 1.54) is 13.2 Å². The Morgan fingerprint density at radius 2 is 1.97 bits per heavy atom. The highest BCUT2D eigenvalue weighted by molar-refractivity contribution is 6.10. The number of H-pyrrole nitrogens is 1. The zero-order chi connectivity index (χ0) is 27.2. The van der Waals surface area contributed by atoms with Crippen LogP contribution in [0, 0.1) is 11.8 Å². The molecule has 1 aliphatic heterocycles. The van der Waals surface area contributed by atoms with Crippen LogP contribution >= 0.6 is 0 Å². The van der Waals surface area contributed by atoms with Gasteiger partial charge < -0.3 is 20.8 Å². The lowest BCUT2D eigenvalue weighted by Crippen LogP contribution is -2.29. The van der Waals surface area contributed by atoms with E-state index in [0.717, 1.165) is 48.0 Å². The number of nitrogens with zero attached hydrogens (tertiary/aromatic N) is 4. The summed E-state index contributed by atoms with van der Waals surface area (Å²) in [6, 6.07) is 7.21. The highest BCUT2D eigenvalue weighted by Crippen LogP contribution is 2.24. The maximum absolute atomic E-state index is 15.0. The Morgan fingerprint density at radius 3 is 2.72 bits per heavy atom. The normalized spacial score (nSPS) is 14.9. The smallest absolute Gasteiger partial charge is 0.250 e. The first kappa shape index (κ1) is 26.4. The van der Waals surface area contributed by atoms with Crippen LogP contribution in [-0.2, 0) is 19.3 Å². The molecule has 4 N–H and O–H groups in total. The van der Waals surface area contributed by atoms with Gasteiger partial charge in [0.2, 0.25) is 11.8 Å². The van der Waals surface area contributed by atoms with Gasteiger partial charge in [-0.05, 0) is 68.1 Å². The molecule has 8 nitrogen and oxygen atoms in total. The van der Waals surface area contributed by atoms with Gasteiger partial charge in [0.1, 0.15) is 5.65 Å². The molecule has 5 heterocycles. The Kier molecular flexibility index (Phi) is 8.21. The molecule has 0 saturated carbocycles. The Morgan fingerprint density at radius 1 is 1.13 bits per heavy atom. The van der Waals surface area contributed by atoms with Crippen molar-refractivity contribution in [1.29, 1.82) is 0 Å². The third kappa shape index (κ3) is 6.28. The van der Waals surface area contributed by atoms with Gasteiger partial charge in [-0.2, -0.15) is 4.39 Å². The summed E-state index contributed by atoms with van der Waals surface area (Å²) in [4.78, 5) is 20.5. The Balaban J connectivity index is 1.29. The molecule has 0 unspecified atom stereocenters. The third-order valence-corrected chi connectivity index (χ3v) is 6.95. The van der Waals surface area contributed by atoms with Crippen LogP contribution < -0.4 is 15.8 Å². The molecule has 4 aromatic heterocycles. The van der Waals surface area contributed by atoms with Gasteiger partial charge in [-0.3, -0.25) is 4.99 Å². The van der Waals surface area contributed by atoms with Gasteiger partial charge in [0.15, 0.2) is 5.82 Å². The summed E-state index contributed by atoms with van der Waals surface area (Å²) in [6.45, 7) is 1.94. The number of halogens is 2. The molecular formula is C29H31F2N7O. The van der Waals surface area contributed by atoms with Crippen LogP contribution in [0.4, 0.5) is 8.78 Å².